The molecule has 0 fully saturated rings. The van der Waals surface area contributed by atoms with Crippen molar-refractivity contribution in [1.29, 1.82) is 0 Å². The SMILES string of the molecule is O=C(NCc1ccc(F)cc1Cl)[C@]1(F)CC[C@@](O)(CS(=O)CCO)c2ncccc21. The molecule has 1 heterocycles. The molecule has 3 rings (SSSR count). The van der Waals surface area contributed by atoms with Crippen LogP contribution in [0.2, 0.25) is 5.02 Å². The van der Waals surface area contributed by atoms with E-state index in [0.717, 1.165) is 6.07 Å². The summed E-state index contributed by atoms with van der Waals surface area (Å²) in [7, 11) is -1.54. The topological polar surface area (TPSA) is 99.5 Å². The number of rotatable bonds is 7. The van der Waals surface area contributed by atoms with Gasteiger partial charge in [0, 0.05) is 39.9 Å². The highest BCUT2D eigenvalue weighted by atomic mass is 35.5. The summed E-state index contributed by atoms with van der Waals surface area (Å²) in [6.07, 6.45) is 0.845. The van der Waals surface area contributed by atoms with Crippen LogP contribution < -0.4 is 5.32 Å². The fraction of sp³-hybridized carbons (Fsp3) is 0.400. The van der Waals surface area contributed by atoms with E-state index in [1.165, 1.54) is 30.5 Å². The third kappa shape index (κ3) is 4.54. The zero-order valence-electron chi connectivity index (χ0n) is 15.9. The quantitative estimate of drug-likeness (QED) is 0.590. The van der Waals surface area contributed by atoms with Crippen molar-refractivity contribution in [2.75, 3.05) is 18.1 Å². The van der Waals surface area contributed by atoms with E-state index in [-0.39, 0.29) is 53.8 Å². The Balaban J connectivity index is 1.84. The first kappa shape index (κ1) is 22.7. The first-order chi connectivity index (χ1) is 14.2. The molecule has 10 heteroatoms. The highest BCUT2D eigenvalue weighted by Crippen LogP contribution is 2.45. The molecule has 0 saturated heterocycles. The number of aromatic nitrogens is 1. The lowest BCUT2D eigenvalue weighted by Gasteiger charge is -2.39. The molecule has 1 unspecified atom stereocenters. The smallest absolute Gasteiger partial charge is 0.262 e. The molecule has 3 atom stereocenters. The highest BCUT2D eigenvalue weighted by Gasteiger charge is 2.52. The molecule has 0 aliphatic heterocycles. The second-order valence-electron chi connectivity index (χ2n) is 7.16. The molecule has 0 radical (unpaired) electrons. The van der Waals surface area contributed by atoms with Crippen LogP contribution >= 0.6 is 11.6 Å². The second kappa shape index (κ2) is 9.05. The van der Waals surface area contributed by atoms with Crippen molar-refractivity contribution >= 4 is 28.3 Å². The number of nitrogens with zero attached hydrogens (tertiary/aromatic N) is 1. The zero-order chi connectivity index (χ0) is 21.9. The number of hydrogen-bond acceptors (Lipinski definition) is 5. The molecule has 1 aromatic heterocycles. The first-order valence-corrected chi connectivity index (χ1v) is 11.1. The summed E-state index contributed by atoms with van der Waals surface area (Å²) in [6.45, 7) is -0.414. The summed E-state index contributed by atoms with van der Waals surface area (Å²) in [4.78, 5) is 16.8. The van der Waals surface area contributed by atoms with Crippen LogP contribution in [0, 0.1) is 5.82 Å². The fourth-order valence-corrected chi connectivity index (χ4v) is 4.92. The summed E-state index contributed by atoms with van der Waals surface area (Å²) >= 11 is 5.95. The number of amides is 1. The Morgan fingerprint density at radius 2 is 2.10 bits per heavy atom. The van der Waals surface area contributed by atoms with E-state index < -0.39 is 33.8 Å². The molecule has 1 aromatic carbocycles. The highest BCUT2D eigenvalue weighted by molar-refractivity contribution is 7.85. The van der Waals surface area contributed by atoms with Crippen molar-refractivity contribution in [2.24, 2.45) is 0 Å². The molecule has 6 nitrogen and oxygen atoms in total. The van der Waals surface area contributed by atoms with Gasteiger partial charge in [0.2, 0.25) is 5.67 Å². The van der Waals surface area contributed by atoms with Gasteiger partial charge in [0.15, 0.2) is 0 Å². The second-order valence-corrected chi connectivity index (χ2v) is 9.15. The van der Waals surface area contributed by atoms with Crippen LogP contribution in [0.3, 0.4) is 0 Å². The van der Waals surface area contributed by atoms with Crippen molar-refractivity contribution in [3.8, 4) is 0 Å². The molecule has 30 heavy (non-hydrogen) atoms. The van der Waals surface area contributed by atoms with E-state index >= 15 is 4.39 Å². The predicted octanol–water partition coefficient (Wildman–Crippen LogP) is 2.08. The number of fused-ring (bicyclic) bond motifs is 1. The van der Waals surface area contributed by atoms with Gasteiger partial charge in [-0.15, -0.1) is 0 Å². The summed E-state index contributed by atoms with van der Waals surface area (Å²) in [5.41, 5.74) is -3.84. The maximum absolute atomic E-state index is 15.9. The van der Waals surface area contributed by atoms with Crippen molar-refractivity contribution in [3.63, 3.8) is 0 Å². The minimum atomic E-state index is -2.46. The van der Waals surface area contributed by atoms with Crippen LogP contribution in [0.1, 0.15) is 29.7 Å². The lowest BCUT2D eigenvalue weighted by molar-refractivity contribution is -0.136. The van der Waals surface area contributed by atoms with Gasteiger partial charge >= 0.3 is 0 Å². The summed E-state index contributed by atoms with van der Waals surface area (Å²) in [6, 6.07) is 6.50. The average molecular weight is 459 g/mol. The monoisotopic (exact) mass is 458 g/mol. The zero-order valence-corrected chi connectivity index (χ0v) is 17.5. The van der Waals surface area contributed by atoms with E-state index in [9.17, 15) is 18.5 Å². The Bertz CT molecular complexity index is 980. The van der Waals surface area contributed by atoms with Gasteiger partial charge in [-0.25, -0.2) is 8.78 Å². The maximum atomic E-state index is 15.9. The lowest BCUT2D eigenvalue weighted by atomic mass is 9.75. The normalized spacial score (nSPS) is 24.2. The number of alkyl halides is 1. The lowest BCUT2D eigenvalue weighted by Crippen LogP contribution is -2.49. The molecule has 1 amide bonds. The molecule has 0 bridgehead atoms. The third-order valence-corrected chi connectivity index (χ3v) is 6.88. The number of pyridine rings is 1. The van der Waals surface area contributed by atoms with Crippen LogP contribution in [-0.4, -0.2) is 43.4 Å². The van der Waals surface area contributed by atoms with E-state index in [4.69, 9.17) is 16.7 Å². The Morgan fingerprint density at radius 1 is 1.33 bits per heavy atom. The van der Waals surface area contributed by atoms with Crippen LogP contribution in [0.4, 0.5) is 8.78 Å². The molecule has 0 saturated carbocycles. The van der Waals surface area contributed by atoms with Crippen LogP contribution in [0.5, 0.6) is 0 Å². The van der Waals surface area contributed by atoms with E-state index in [0.29, 0.717) is 5.56 Å². The van der Waals surface area contributed by atoms with Crippen molar-refractivity contribution in [2.45, 2.75) is 30.7 Å². The fourth-order valence-electron chi connectivity index (χ4n) is 3.53. The number of hydrogen-bond donors (Lipinski definition) is 3. The van der Waals surface area contributed by atoms with Crippen LogP contribution in [0.25, 0.3) is 0 Å². The van der Waals surface area contributed by atoms with Crippen LogP contribution in [-0.2, 0) is 33.4 Å². The van der Waals surface area contributed by atoms with Crippen molar-refractivity contribution in [3.05, 3.63) is 64.2 Å². The molecule has 162 valence electrons. The number of benzene rings is 1. The number of carbonyl (C=O) groups excluding carboxylic acids is 1. The molecule has 0 spiro atoms. The van der Waals surface area contributed by atoms with Gasteiger partial charge in [-0.1, -0.05) is 23.7 Å². The third-order valence-electron chi connectivity index (χ3n) is 5.09. The summed E-state index contributed by atoms with van der Waals surface area (Å²) in [5.74, 6) is -1.71. The largest absolute Gasteiger partial charge is 0.395 e. The van der Waals surface area contributed by atoms with E-state index in [2.05, 4.69) is 10.3 Å². The average Bonchev–Trinajstić information content (AvgIpc) is 2.70. The Hall–Kier alpha value is -1.94. The van der Waals surface area contributed by atoms with Gasteiger partial charge in [0.1, 0.15) is 11.4 Å². The van der Waals surface area contributed by atoms with Crippen LogP contribution in [0.15, 0.2) is 36.5 Å². The standard InChI is InChI=1S/C20H21ClF2N2O4S/c21-16-10-14(22)4-3-13(16)11-25-18(27)20(23)6-5-19(28,12-30(29)9-8-26)17-15(20)2-1-7-24-17/h1-4,7,10,26,28H,5-6,8-9,11-12H2,(H,25,27)/t19-,20+,30?/m1/s1. The van der Waals surface area contributed by atoms with Crippen molar-refractivity contribution < 1.29 is 28.0 Å². The van der Waals surface area contributed by atoms with Gasteiger partial charge < -0.3 is 15.5 Å². The van der Waals surface area contributed by atoms with E-state index in [1.807, 2.05) is 0 Å². The molecule has 1 aliphatic carbocycles. The molecule has 3 N–H and O–H groups in total. The number of halogens is 3. The number of nitrogens with one attached hydrogen (secondary N) is 1. The Labute approximate surface area is 179 Å². The maximum Gasteiger partial charge on any atom is 0.262 e. The molecule has 1 aliphatic rings. The number of aliphatic hydroxyl groups is 2. The van der Waals surface area contributed by atoms with Gasteiger partial charge in [-0.3, -0.25) is 14.0 Å². The van der Waals surface area contributed by atoms with Crippen molar-refractivity contribution in [1.82, 2.24) is 10.3 Å². The summed E-state index contributed by atoms with van der Waals surface area (Å²) < 4.78 is 41.1. The Kier molecular flexibility index (Phi) is 6.86. The minimum Gasteiger partial charge on any atom is -0.395 e. The molecular weight excluding hydrogens is 438 g/mol. The predicted molar refractivity (Wildman–Crippen MR) is 108 cm³/mol. The minimum absolute atomic E-state index is 0.0237. The number of aliphatic hydroxyl groups excluding tert-OH is 1. The first-order valence-electron chi connectivity index (χ1n) is 9.25. The van der Waals surface area contributed by atoms with Gasteiger partial charge in [0.25, 0.3) is 5.91 Å². The van der Waals surface area contributed by atoms with Gasteiger partial charge in [-0.05, 0) is 36.6 Å². The molecular formula is C20H21ClF2N2O4S. The van der Waals surface area contributed by atoms with Gasteiger partial charge in [-0.2, -0.15) is 0 Å². The van der Waals surface area contributed by atoms with Gasteiger partial charge in [0.05, 0.1) is 18.1 Å². The molecule has 2 aromatic rings. The number of carbonyl (C=O) groups is 1. The Morgan fingerprint density at radius 3 is 2.80 bits per heavy atom. The van der Waals surface area contributed by atoms with E-state index in [1.54, 1.807) is 0 Å². The summed E-state index contributed by atoms with van der Waals surface area (Å²) in [5, 5.41) is 22.6.